The minimum atomic E-state index is -0.869. The number of amides is 2. The van der Waals surface area contributed by atoms with Gasteiger partial charge < -0.3 is 9.67 Å². The van der Waals surface area contributed by atoms with Crippen molar-refractivity contribution in [3.8, 4) is 0 Å². The largest absolute Gasteiger partial charge is 0.389 e. The molecule has 0 radical (unpaired) electrons. The number of halogens is 2. The van der Waals surface area contributed by atoms with Crippen molar-refractivity contribution < 1.29 is 14.7 Å². The van der Waals surface area contributed by atoms with Crippen LogP contribution in [0.15, 0.2) is 36.4 Å². The fraction of sp³-hybridized carbons (Fsp3) is 0.263. The first kappa shape index (κ1) is 17.3. The molecule has 7 heteroatoms. The van der Waals surface area contributed by atoms with Gasteiger partial charge in [-0.3, -0.25) is 14.5 Å². The summed E-state index contributed by atoms with van der Waals surface area (Å²) in [6.45, 7) is 0.250. The van der Waals surface area contributed by atoms with Gasteiger partial charge in [-0.2, -0.15) is 0 Å². The van der Waals surface area contributed by atoms with E-state index in [1.807, 2.05) is 28.8 Å². The number of nitrogens with zero attached hydrogens (tertiary/aromatic N) is 2. The van der Waals surface area contributed by atoms with E-state index < -0.39 is 6.10 Å². The standard InChI is InChI=1S/C19H16Cl2N2O3/c20-11-1-3-16-14(7-11)15-8-12(21)2-4-17(15)22(16)9-13(24)10-23-18(25)5-6-19(23)26/h1-4,7-8,13,24H,5-6,9-10H2/t13-/m0/s1. The summed E-state index contributed by atoms with van der Waals surface area (Å²) in [6, 6.07) is 11.1. The first-order valence-corrected chi connectivity index (χ1v) is 9.08. The molecule has 26 heavy (non-hydrogen) atoms. The highest BCUT2D eigenvalue weighted by Crippen LogP contribution is 2.33. The average molecular weight is 391 g/mol. The van der Waals surface area contributed by atoms with Gasteiger partial charge in [-0.05, 0) is 36.4 Å². The van der Waals surface area contributed by atoms with E-state index in [4.69, 9.17) is 23.2 Å². The highest BCUT2D eigenvalue weighted by molar-refractivity contribution is 6.33. The van der Waals surface area contributed by atoms with Crippen LogP contribution in [0.1, 0.15) is 12.8 Å². The molecule has 2 heterocycles. The van der Waals surface area contributed by atoms with Crippen molar-refractivity contribution in [1.29, 1.82) is 0 Å². The second-order valence-electron chi connectivity index (χ2n) is 6.49. The highest BCUT2D eigenvalue weighted by atomic mass is 35.5. The van der Waals surface area contributed by atoms with E-state index in [0.717, 1.165) is 26.7 Å². The van der Waals surface area contributed by atoms with Gasteiger partial charge in [0.1, 0.15) is 0 Å². The maximum Gasteiger partial charge on any atom is 0.229 e. The van der Waals surface area contributed by atoms with E-state index in [1.54, 1.807) is 12.1 Å². The lowest BCUT2D eigenvalue weighted by atomic mass is 10.1. The van der Waals surface area contributed by atoms with Crippen LogP contribution in [0.2, 0.25) is 10.0 Å². The fourth-order valence-electron chi connectivity index (χ4n) is 3.55. The minimum Gasteiger partial charge on any atom is -0.389 e. The van der Waals surface area contributed by atoms with Crippen molar-refractivity contribution in [2.45, 2.75) is 25.5 Å². The lowest BCUT2D eigenvalue weighted by Gasteiger charge is -2.19. The molecule has 1 aromatic heterocycles. The number of rotatable bonds is 4. The number of fused-ring (bicyclic) bond motifs is 3. The molecule has 1 saturated heterocycles. The van der Waals surface area contributed by atoms with Gasteiger partial charge in [-0.1, -0.05) is 23.2 Å². The summed E-state index contributed by atoms with van der Waals surface area (Å²) in [4.78, 5) is 24.7. The van der Waals surface area contributed by atoms with E-state index in [-0.39, 0.29) is 37.7 Å². The zero-order valence-electron chi connectivity index (χ0n) is 13.8. The minimum absolute atomic E-state index is 0.0000127. The molecule has 1 atom stereocenters. The second kappa shape index (κ2) is 6.58. The molecule has 2 aromatic carbocycles. The Morgan fingerprint density at radius 2 is 1.38 bits per heavy atom. The molecule has 0 spiro atoms. The number of likely N-dealkylation sites (tertiary alicyclic amines) is 1. The number of aliphatic hydroxyl groups is 1. The number of aliphatic hydroxyl groups excluding tert-OH is 1. The molecule has 1 N–H and O–H groups in total. The van der Waals surface area contributed by atoms with E-state index >= 15 is 0 Å². The molecular formula is C19H16Cl2N2O3. The molecule has 0 saturated carbocycles. The van der Waals surface area contributed by atoms with Gasteiger partial charge in [0.2, 0.25) is 11.8 Å². The van der Waals surface area contributed by atoms with Crippen molar-refractivity contribution in [1.82, 2.24) is 9.47 Å². The molecule has 1 aliphatic rings. The van der Waals surface area contributed by atoms with Crippen molar-refractivity contribution in [3.05, 3.63) is 46.4 Å². The Balaban J connectivity index is 1.73. The lowest BCUT2D eigenvalue weighted by Crippen LogP contribution is -2.38. The number of imide groups is 1. The van der Waals surface area contributed by atoms with E-state index in [9.17, 15) is 14.7 Å². The average Bonchev–Trinajstić information content (AvgIpc) is 3.07. The number of hydrogen-bond acceptors (Lipinski definition) is 3. The molecule has 1 aliphatic heterocycles. The maximum atomic E-state index is 11.8. The number of benzene rings is 2. The van der Waals surface area contributed by atoms with Crippen LogP contribution in [-0.2, 0) is 16.1 Å². The smallest absolute Gasteiger partial charge is 0.229 e. The number of carbonyl (C=O) groups excluding carboxylic acids is 2. The summed E-state index contributed by atoms with van der Waals surface area (Å²) >= 11 is 12.3. The van der Waals surface area contributed by atoms with E-state index in [1.165, 1.54) is 0 Å². The Bertz CT molecular complexity index is 969. The third kappa shape index (κ3) is 2.96. The first-order chi connectivity index (χ1) is 12.4. The van der Waals surface area contributed by atoms with Crippen LogP contribution in [0, 0.1) is 0 Å². The summed E-state index contributed by atoms with van der Waals surface area (Å²) in [5.41, 5.74) is 1.81. The van der Waals surface area contributed by atoms with Gasteiger partial charge in [-0.25, -0.2) is 0 Å². The van der Waals surface area contributed by atoms with Crippen LogP contribution in [0.25, 0.3) is 21.8 Å². The topological polar surface area (TPSA) is 62.5 Å². The van der Waals surface area contributed by atoms with Crippen LogP contribution in [0.3, 0.4) is 0 Å². The summed E-state index contributed by atoms with van der Waals surface area (Å²) in [6.07, 6.45) is -0.429. The molecule has 0 bridgehead atoms. The Morgan fingerprint density at radius 3 is 1.88 bits per heavy atom. The van der Waals surface area contributed by atoms with Gasteiger partial charge in [0, 0.05) is 44.7 Å². The number of aromatic nitrogens is 1. The van der Waals surface area contributed by atoms with Crippen LogP contribution >= 0.6 is 23.2 Å². The van der Waals surface area contributed by atoms with E-state index in [0.29, 0.717) is 10.0 Å². The molecule has 5 nitrogen and oxygen atoms in total. The zero-order valence-corrected chi connectivity index (χ0v) is 15.3. The predicted molar refractivity (Wildman–Crippen MR) is 101 cm³/mol. The summed E-state index contributed by atoms with van der Waals surface area (Å²) in [7, 11) is 0. The molecule has 4 rings (SSSR count). The van der Waals surface area contributed by atoms with Crippen LogP contribution < -0.4 is 0 Å². The summed E-state index contributed by atoms with van der Waals surface area (Å²) in [5.74, 6) is -0.454. The van der Waals surface area contributed by atoms with Crippen molar-refractivity contribution >= 4 is 56.8 Å². The van der Waals surface area contributed by atoms with Gasteiger partial charge >= 0.3 is 0 Å². The molecule has 1 fully saturated rings. The summed E-state index contributed by atoms with van der Waals surface area (Å²) in [5, 5.41) is 13.6. The van der Waals surface area contributed by atoms with Gasteiger partial charge in [0.25, 0.3) is 0 Å². The fourth-order valence-corrected chi connectivity index (χ4v) is 3.90. The zero-order chi connectivity index (χ0) is 18.4. The van der Waals surface area contributed by atoms with Crippen LogP contribution in [0.5, 0.6) is 0 Å². The Morgan fingerprint density at radius 1 is 0.885 bits per heavy atom. The first-order valence-electron chi connectivity index (χ1n) is 8.32. The van der Waals surface area contributed by atoms with Crippen molar-refractivity contribution in [2.24, 2.45) is 0 Å². The Kier molecular flexibility index (Phi) is 4.39. The second-order valence-corrected chi connectivity index (χ2v) is 7.36. The molecule has 2 amide bonds. The predicted octanol–water partition coefficient (Wildman–Crippen LogP) is 3.61. The maximum absolute atomic E-state index is 11.8. The molecule has 134 valence electrons. The Hall–Kier alpha value is -2.08. The van der Waals surface area contributed by atoms with Crippen molar-refractivity contribution in [2.75, 3.05) is 6.54 Å². The molecule has 0 unspecified atom stereocenters. The third-order valence-electron chi connectivity index (χ3n) is 4.73. The summed E-state index contributed by atoms with van der Waals surface area (Å²) < 4.78 is 1.97. The van der Waals surface area contributed by atoms with Gasteiger partial charge in [0.05, 0.1) is 19.2 Å². The number of hydrogen-bond donors (Lipinski definition) is 1. The molecule has 0 aliphatic carbocycles. The van der Waals surface area contributed by atoms with Gasteiger partial charge in [0.15, 0.2) is 0 Å². The van der Waals surface area contributed by atoms with Crippen LogP contribution in [-0.4, -0.2) is 39.0 Å². The SMILES string of the molecule is O=C1CCC(=O)N1C[C@@H](O)Cn1c2ccc(Cl)cc2c2cc(Cl)ccc21. The number of carbonyl (C=O) groups is 2. The Labute approximate surface area is 159 Å². The molecule has 3 aromatic rings. The lowest BCUT2D eigenvalue weighted by molar-refractivity contribution is -0.140. The van der Waals surface area contributed by atoms with E-state index in [2.05, 4.69) is 0 Å². The van der Waals surface area contributed by atoms with Crippen molar-refractivity contribution in [3.63, 3.8) is 0 Å². The molecular weight excluding hydrogens is 375 g/mol. The third-order valence-corrected chi connectivity index (χ3v) is 5.20. The quantitative estimate of drug-likeness (QED) is 0.692. The van der Waals surface area contributed by atoms with Gasteiger partial charge in [-0.15, -0.1) is 0 Å². The van der Waals surface area contributed by atoms with Crippen LogP contribution in [0.4, 0.5) is 0 Å². The number of β-amino-alcohol motifs (C(OH)–C–C–N with tert-alkyl or cyclic N) is 1. The normalized spacial score (nSPS) is 16.2. The highest BCUT2D eigenvalue weighted by Gasteiger charge is 2.30. The monoisotopic (exact) mass is 390 g/mol.